The first kappa shape index (κ1) is 14.2. The Labute approximate surface area is 132 Å². The molecule has 3 aliphatic rings. The van der Waals surface area contributed by atoms with Crippen LogP contribution in [0.25, 0.3) is 0 Å². The Morgan fingerprint density at radius 1 is 1.14 bits per heavy atom. The summed E-state index contributed by atoms with van der Waals surface area (Å²) in [6.07, 6.45) is 7.78. The van der Waals surface area contributed by atoms with Crippen LogP contribution in [0.2, 0.25) is 0 Å². The van der Waals surface area contributed by atoms with Crippen LogP contribution in [0.1, 0.15) is 37.8 Å². The minimum absolute atomic E-state index is 0.0607. The van der Waals surface area contributed by atoms with Gasteiger partial charge in [-0.1, -0.05) is 6.07 Å². The van der Waals surface area contributed by atoms with Gasteiger partial charge in [0, 0.05) is 19.3 Å². The van der Waals surface area contributed by atoms with Crippen LogP contribution >= 0.6 is 0 Å². The van der Waals surface area contributed by atoms with Crippen molar-refractivity contribution in [2.45, 2.75) is 38.6 Å². The summed E-state index contributed by atoms with van der Waals surface area (Å²) in [7, 11) is 0. The average molecular weight is 299 g/mol. The van der Waals surface area contributed by atoms with E-state index in [1.807, 2.05) is 29.3 Å². The third-order valence-corrected chi connectivity index (χ3v) is 5.71. The predicted octanol–water partition coefficient (Wildman–Crippen LogP) is 2.31. The summed E-state index contributed by atoms with van der Waals surface area (Å²) in [6, 6.07) is 5.93. The van der Waals surface area contributed by atoms with E-state index < -0.39 is 0 Å². The third-order valence-electron chi connectivity index (χ3n) is 5.71. The quantitative estimate of drug-likeness (QED) is 0.856. The van der Waals surface area contributed by atoms with Crippen LogP contribution in [0, 0.1) is 11.3 Å². The van der Waals surface area contributed by atoms with Gasteiger partial charge in [-0.2, -0.15) is 0 Å². The molecule has 0 bridgehead atoms. The van der Waals surface area contributed by atoms with Crippen LogP contribution in [-0.2, 0) is 11.3 Å². The van der Waals surface area contributed by atoms with Gasteiger partial charge in [0.1, 0.15) is 0 Å². The number of carbonyl (C=O) groups is 1. The van der Waals surface area contributed by atoms with Gasteiger partial charge in [-0.25, -0.2) is 0 Å². The smallest absolute Gasteiger partial charge is 0.229 e. The predicted molar refractivity (Wildman–Crippen MR) is 85.1 cm³/mol. The van der Waals surface area contributed by atoms with Crippen molar-refractivity contribution in [3.8, 4) is 0 Å². The summed E-state index contributed by atoms with van der Waals surface area (Å²) >= 11 is 0. The molecule has 1 amide bonds. The highest BCUT2D eigenvalue weighted by Gasteiger charge is 2.48. The van der Waals surface area contributed by atoms with E-state index in [0.717, 1.165) is 50.5 Å². The van der Waals surface area contributed by atoms with Gasteiger partial charge in [0.15, 0.2) is 0 Å². The average Bonchev–Trinajstić information content (AvgIpc) is 3.32. The number of nitrogens with zero attached hydrogens (tertiary/aromatic N) is 3. The molecule has 4 nitrogen and oxygen atoms in total. The summed E-state index contributed by atoms with van der Waals surface area (Å²) < 4.78 is 0. The van der Waals surface area contributed by atoms with Crippen LogP contribution in [-0.4, -0.2) is 46.9 Å². The highest BCUT2D eigenvalue weighted by atomic mass is 16.2. The summed E-state index contributed by atoms with van der Waals surface area (Å²) in [5.74, 6) is 1.33. The number of hydrogen-bond acceptors (Lipinski definition) is 3. The van der Waals surface area contributed by atoms with Crippen molar-refractivity contribution >= 4 is 5.91 Å². The maximum absolute atomic E-state index is 12.9. The second-order valence-corrected chi connectivity index (χ2v) is 7.32. The summed E-state index contributed by atoms with van der Waals surface area (Å²) in [5, 5.41) is 0. The fraction of sp³-hybridized carbons (Fsp3) is 0.667. The normalized spacial score (nSPS) is 25.1. The lowest BCUT2D eigenvalue weighted by atomic mass is 9.77. The van der Waals surface area contributed by atoms with Gasteiger partial charge in [-0.15, -0.1) is 0 Å². The van der Waals surface area contributed by atoms with E-state index >= 15 is 0 Å². The van der Waals surface area contributed by atoms with Crippen molar-refractivity contribution in [1.82, 2.24) is 14.8 Å². The van der Waals surface area contributed by atoms with Crippen molar-refractivity contribution in [1.29, 1.82) is 0 Å². The van der Waals surface area contributed by atoms with Crippen molar-refractivity contribution in [3.63, 3.8) is 0 Å². The number of likely N-dealkylation sites (tertiary alicyclic amines) is 2. The monoisotopic (exact) mass is 299 g/mol. The van der Waals surface area contributed by atoms with E-state index in [1.165, 1.54) is 19.4 Å². The summed E-state index contributed by atoms with van der Waals surface area (Å²) in [4.78, 5) is 21.9. The number of pyridine rings is 1. The highest BCUT2D eigenvalue weighted by Crippen LogP contribution is 2.42. The molecule has 3 fully saturated rings. The molecule has 2 saturated heterocycles. The molecule has 0 N–H and O–H groups in total. The van der Waals surface area contributed by atoms with Gasteiger partial charge in [0.2, 0.25) is 5.91 Å². The first-order valence-corrected chi connectivity index (χ1v) is 8.67. The fourth-order valence-electron chi connectivity index (χ4n) is 4.02. The molecule has 4 heteroatoms. The Bertz CT molecular complexity index is 533. The van der Waals surface area contributed by atoms with Crippen LogP contribution < -0.4 is 0 Å². The van der Waals surface area contributed by atoms with Crippen molar-refractivity contribution in [3.05, 3.63) is 30.1 Å². The van der Waals surface area contributed by atoms with Gasteiger partial charge in [0.05, 0.1) is 17.7 Å². The number of aromatic nitrogens is 1. The molecule has 1 aromatic heterocycles. The fourth-order valence-corrected chi connectivity index (χ4v) is 4.02. The standard InChI is InChI=1S/C18H25N3O/c22-17-18(6-10-20(11-7-18)13-15-4-5-15)8-12-21(17)14-16-3-1-2-9-19-16/h1-3,9,15H,4-8,10-14H2. The largest absolute Gasteiger partial charge is 0.336 e. The second-order valence-electron chi connectivity index (χ2n) is 7.32. The maximum Gasteiger partial charge on any atom is 0.229 e. The van der Waals surface area contributed by atoms with Crippen LogP contribution in [0.4, 0.5) is 0 Å². The molecule has 0 aromatic carbocycles. The van der Waals surface area contributed by atoms with Crippen LogP contribution in [0.3, 0.4) is 0 Å². The van der Waals surface area contributed by atoms with E-state index in [2.05, 4.69) is 9.88 Å². The Kier molecular flexibility index (Phi) is 3.65. The van der Waals surface area contributed by atoms with Gasteiger partial charge < -0.3 is 9.80 Å². The molecule has 118 valence electrons. The van der Waals surface area contributed by atoms with Gasteiger partial charge in [-0.05, 0) is 63.2 Å². The molecule has 3 heterocycles. The minimum atomic E-state index is -0.0607. The van der Waals surface area contributed by atoms with Crippen molar-refractivity contribution in [2.75, 3.05) is 26.2 Å². The Hall–Kier alpha value is -1.42. The number of piperidine rings is 1. The second kappa shape index (κ2) is 5.65. The lowest BCUT2D eigenvalue weighted by Gasteiger charge is -2.38. The molecular formula is C18H25N3O. The number of carbonyl (C=O) groups excluding carboxylic acids is 1. The zero-order valence-electron chi connectivity index (χ0n) is 13.2. The minimum Gasteiger partial charge on any atom is -0.336 e. The van der Waals surface area contributed by atoms with Gasteiger partial charge in [-0.3, -0.25) is 9.78 Å². The molecule has 2 aliphatic heterocycles. The van der Waals surface area contributed by atoms with Crippen molar-refractivity contribution < 1.29 is 4.79 Å². The first-order valence-electron chi connectivity index (χ1n) is 8.67. The van der Waals surface area contributed by atoms with Gasteiger partial charge >= 0.3 is 0 Å². The zero-order chi connectivity index (χ0) is 15.0. The number of rotatable bonds is 4. The highest BCUT2D eigenvalue weighted by molar-refractivity contribution is 5.85. The Morgan fingerprint density at radius 2 is 1.91 bits per heavy atom. The Balaban J connectivity index is 1.36. The SMILES string of the molecule is O=C1N(Cc2ccccn2)CCC12CCN(CC1CC1)CC2. The maximum atomic E-state index is 12.9. The molecule has 1 saturated carbocycles. The van der Waals surface area contributed by atoms with Crippen LogP contribution in [0.15, 0.2) is 24.4 Å². The number of hydrogen-bond donors (Lipinski definition) is 0. The van der Waals surface area contributed by atoms with E-state index in [1.54, 1.807) is 0 Å². The molecule has 1 aromatic rings. The van der Waals surface area contributed by atoms with E-state index in [0.29, 0.717) is 12.5 Å². The lowest BCUT2D eigenvalue weighted by molar-refractivity contribution is -0.138. The number of amides is 1. The zero-order valence-corrected chi connectivity index (χ0v) is 13.2. The molecule has 0 unspecified atom stereocenters. The summed E-state index contributed by atoms with van der Waals surface area (Å²) in [6.45, 7) is 5.06. The third kappa shape index (κ3) is 2.76. The van der Waals surface area contributed by atoms with Gasteiger partial charge in [0.25, 0.3) is 0 Å². The molecule has 0 atom stereocenters. The topological polar surface area (TPSA) is 36.4 Å². The lowest BCUT2D eigenvalue weighted by Crippen LogP contribution is -2.45. The first-order chi connectivity index (χ1) is 10.8. The van der Waals surface area contributed by atoms with E-state index in [4.69, 9.17) is 0 Å². The van der Waals surface area contributed by atoms with E-state index in [9.17, 15) is 4.79 Å². The van der Waals surface area contributed by atoms with E-state index in [-0.39, 0.29) is 5.41 Å². The molecule has 0 radical (unpaired) electrons. The van der Waals surface area contributed by atoms with Crippen molar-refractivity contribution in [2.24, 2.45) is 11.3 Å². The molecule has 1 spiro atoms. The summed E-state index contributed by atoms with van der Waals surface area (Å²) in [5.41, 5.74) is 0.938. The van der Waals surface area contributed by atoms with Crippen LogP contribution in [0.5, 0.6) is 0 Å². The molecule has 4 rings (SSSR count). The molecule has 22 heavy (non-hydrogen) atoms. The Morgan fingerprint density at radius 3 is 2.59 bits per heavy atom. The molecular weight excluding hydrogens is 274 g/mol. The molecule has 1 aliphatic carbocycles.